The number of rotatable bonds is 25. The molecule has 4 saturated heterocycles. The molecule has 0 amide bonds. The summed E-state index contributed by atoms with van der Waals surface area (Å²) in [7, 11) is -16.2. The van der Waals surface area contributed by atoms with E-state index in [4.69, 9.17) is 24.7 Å². The minimum atomic E-state index is -4.20. The van der Waals surface area contributed by atoms with Gasteiger partial charge in [-0.25, -0.2) is 52.8 Å². The highest BCUT2D eigenvalue weighted by molar-refractivity contribution is 7.92. The topological polar surface area (TPSA) is 419 Å². The van der Waals surface area contributed by atoms with Gasteiger partial charge in [0, 0.05) is 73.3 Å². The standard InChI is InChI=1S/C51H65N9O20S4/c52-40-6-14-57(48(65)53-40)44-25-35(30-84(75,76)26-31-4-2-1-3-5-31)39(80-44)13-21-83(73,74)29-34-24-47(60-17-9-43(64)56-51(60)68)79-38(34)12-20-82(71,72)28-33-23-46(59-16-8-42(63)55-50(59)67)78-37(33)11-19-81(69,70)27-32-22-45(77-36(32)10-18-61)58-15-7-41(62)54-49(58)66/h1-9,14-17,32-39,44-47,61H,10-13,18-30H2,(H2,52,53,65)(H,54,62,66)(H,55,63,67)(H,56,64,68)/t32-,33-,34-,35-,36-,37-,38-,39-,44-,45-,46-,47-/m1/s1. The monoisotopic (exact) mass is 1250 g/mol. The molecule has 84 heavy (non-hydrogen) atoms. The lowest BCUT2D eigenvalue weighted by Crippen LogP contribution is -2.32. The molecular weight excluding hydrogens is 1190 g/mol. The number of anilines is 1. The van der Waals surface area contributed by atoms with Crippen LogP contribution in [0, 0.1) is 23.7 Å². The first-order valence-corrected chi connectivity index (χ1v) is 34.4. The number of nitrogens with one attached hydrogen (secondary N) is 3. The van der Waals surface area contributed by atoms with Crippen molar-refractivity contribution in [2.24, 2.45) is 23.7 Å². The number of nitrogens with zero attached hydrogens (tertiary/aromatic N) is 5. The molecule has 4 aliphatic heterocycles. The van der Waals surface area contributed by atoms with E-state index in [0.717, 1.165) is 48.9 Å². The molecule has 4 aliphatic rings. The fraction of sp³-hybridized carbons (Fsp3) is 0.569. The van der Waals surface area contributed by atoms with Crippen LogP contribution in [0.5, 0.6) is 0 Å². The van der Waals surface area contributed by atoms with Crippen LogP contribution in [0.2, 0.25) is 0 Å². The van der Waals surface area contributed by atoms with Crippen molar-refractivity contribution >= 4 is 45.2 Å². The van der Waals surface area contributed by atoms with Crippen LogP contribution < -0.4 is 45.2 Å². The molecule has 4 fully saturated rings. The van der Waals surface area contributed by atoms with Gasteiger partial charge in [0.05, 0.1) is 70.4 Å². The maximum absolute atomic E-state index is 14.3. The fourth-order valence-corrected chi connectivity index (χ4v) is 18.9. The lowest BCUT2D eigenvalue weighted by Gasteiger charge is -2.22. The third-order valence-corrected chi connectivity index (χ3v) is 22.8. The second-order valence-electron chi connectivity index (χ2n) is 21.9. The first-order chi connectivity index (χ1) is 39.7. The summed E-state index contributed by atoms with van der Waals surface area (Å²) in [6, 6.07) is 13.0. The Balaban J connectivity index is 0.895. The molecular formula is C51H65N9O20S4. The van der Waals surface area contributed by atoms with Crippen molar-refractivity contribution in [1.29, 1.82) is 0 Å². The highest BCUT2D eigenvalue weighted by atomic mass is 32.2. The Kier molecular flexibility index (Phi) is 18.9. The lowest BCUT2D eigenvalue weighted by atomic mass is 10.0. The van der Waals surface area contributed by atoms with Gasteiger partial charge in [-0.2, -0.15) is 4.98 Å². The van der Waals surface area contributed by atoms with E-state index in [1.807, 2.05) is 0 Å². The predicted octanol–water partition coefficient (Wildman–Crippen LogP) is -1.50. The lowest BCUT2D eigenvalue weighted by molar-refractivity contribution is -0.0161. The Labute approximate surface area is 479 Å². The number of sulfone groups is 4. The number of benzene rings is 1. The van der Waals surface area contributed by atoms with Gasteiger partial charge in [-0.15, -0.1) is 0 Å². The summed E-state index contributed by atoms with van der Waals surface area (Å²) in [5.74, 6) is -7.52. The van der Waals surface area contributed by atoms with Gasteiger partial charge in [-0.3, -0.25) is 47.6 Å². The molecule has 4 aromatic heterocycles. The molecule has 0 saturated carbocycles. The van der Waals surface area contributed by atoms with Crippen LogP contribution >= 0.6 is 0 Å². The van der Waals surface area contributed by atoms with E-state index in [0.29, 0.717) is 5.56 Å². The number of aromatic nitrogens is 8. The quantitative estimate of drug-likeness (QED) is 0.0444. The molecule has 0 aliphatic carbocycles. The first-order valence-electron chi connectivity index (χ1n) is 27.1. The summed E-state index contributed by atoms with van der Waals surface area (Å²) >= 11 is 0. The highest BCUT2D eigenvalue weighted by Gasteiger charge is 2.45. The number of aromatic amines is 3. The second-order valence-corrected chi connectivity index (χ2v) is 30.7. The molecule has 8 heterocycles. The number of aliphatic hydroxyl groups is 1. The zero-order valence-electron chi connectivity index (χ0n) is 45.1. The second kappa shape index (κ2) is 25.6. The zero-order valence-corrected chi connectivity index (χ0v) is 48.4. The number of ether oxygens (including phenoxy) is 4. The fourth-order valence-electron chi connectivity index (χ4n) is 11.8. The zero-order chi connectivity index (χ0) is 60.3. The van der Waals surface area contributed by atoms with Crippen molar-refractivity contribution in [1.82, 2.24) is 38.2 Å². The van der Waals surface area contributed by atoms with Gasteiger partial charge < -0.3 is 29.8 Å². The van der Waals surface area contributed by atoms with Gasteiger partial charge >= 0.3 is 22.8 Å². The van der Waals surface area contributed by atoms with Gasteiger partial charge in [0.2, 0.25) is 0 Å². The van der Waals surface area contributed by atoms with Crippen LogP contribution in [0.3, 0.4) is 0 Å². The maximum Gasteiger partial charge on any atom is 0.351 e. The Morgan fingerprint density at radius 1 is 0.464 bits per heavy atom. The number of nitrogens with two attached hydrogens (primary N) is 1. The molecule has 1 aromatic carbocycles. The van der Waals surface area contributed by atoms with Gasteiger partial charge in [0.25, 0.3) is 16.7 Å². The van der Waals surface area contributed by atoms with E-state index in [-0.39, 0.29) is 69.5 Å². The van der Waals surface area contributed by atoms with E-state index < -0.39 is 192 Å². The summed E-state index contributed by atoms with van der Waals surface area (Å²) in [5.41, 5.74) is 0.864. The predicted molar refractivity (Wildman–Crippen MR) is 300 cm³/mol. The third-order valence-electron chi connectivity index (χ3n) is 15.7. The number of hydrogen-bond acceptors (Lipinski definition) is 22. The summed E-state index contributed by atoms with van der Waals surface area (Å²) < 4.78 is 141. The molecule has 0 unspecified atom stereocenters. The van der Waals surface area contributed by atoms with E-state index in [2.05, 4.69) is 19.9 Å². The van der Waals surface area contributed by atoms with Crippen LogP contribution in [0.15, 0.2) is 113 Å². The van der Waals surface area contributed by atoms with Crippen molar-refractivity contribution in [3.05, 3.63) is 158 Å². The average molecular weight is 1250 g/mol. The molecule has 0 bridgehead atoms. The molecule has 5 aromatic rings. The molecule has 0 radical (unpaired) electrons. The minimum absolute atomic E-state index is 0.0157. The summed E-state index contributed by atoms with van der Waals surface area (Å²) in [6.45, 7) is -0.365. The van der Waals surface area contributed by atoms with Gasteiger partial charge in [-0.05, 0) is 63.0 Å². The van der Waals surface area contributed by atoms with Crippen molar-refractivity contribution in [2.75, 3.05) is 52.6 Å². The van der Waals surface area contributed by atoms with Crippen molar-refractivity contribution < 1.29 is 57.7 Å². The largest absolute Gasteiger partial charge is 0.396 e. The van der Waals surface area contributed by atoms with Crippen LogP contribution in [0.25, 0.3) is 0 Å². The van der Waals surface area contributed by atoms with Gasteiger partial charge in [0.15, 0.2) is 39.3 Å². The summed E-state index contributed by atoms with van der Waals surface area (Å²) in [4.78, 5) is 97.2. The van der Waals surface area contributed by atoms with Crippen LogP contribution in [-0.4, -0.2) is 148 Å². The van der Waals surface area contributed by atoms with Gasteiger partial charge in [0.1, 0.15) is 30.7 Å². The van der Waals surface area contributed by atoms with Crippen molar-refractivity contribution in [3.8, 4) is 0 Å². The average Bonchev–Trinajstić information content (AvgIpc) is 3.57. The van der Waals surface area contributed by atoms with Crippen LogP contribution in [0.4, 0.5) is 5.82 Å². The third kappa shape index (κ3) is 15.7. The minimum Gasteiger partial charge on any atom is -0.396 e. The van der Waals surface area contributed by atoms with E-state index in [1.54, 1.807) is 30.3 Å². The Morgan fingerprint density at radius 2 is 0.798 bits per heavy atom. The van der Waals surface area contributed by atoms with Gasteiger partial charge in [-0.1, -0.05) is 30.3 Å². The van der Waals surface area contributed by atoms with Crippen molar-refractivity contribution in [3.63, 3.8) is 0 Å². The smallest absolute Gasteiger partial charge is 0.351 e. The number of hydrogen-bond donors (Lipinski definition) is 5. The number of H-pyrrole nitrogens is 3. The van der Waals surface area contributed by atoms with Crippen molar-refractivity contribution in [2.45, 2.75) is 106 Å². The number of nitrogen functional groups attached to an aromatic ring is 1. The summed E-state index contributed by atoms with van der Waals surface area (Å²) in [6.07, 6.45) is -4.36. The Morgan fingerprint density at radius 3 is 1.14 bits per heavy atom. The van der Waals surface area contributed by atoms with E-state index in [9.17, 15) is 72.3 Å². The maximum atomic E-state index is 14.3. The SMILES string of the molecule is Nc1ccn([C@H]2C[C@H](CS(=O)(=O)Cc3ccccc3)[C@@H](CCS(=O)(=O)C[C@H]3C[C@H](n4ccc(=O)[nH]c4=O)O[C@@H]3CCS(=O)(=O)C[C@H]3C[C@H](n4ccc(=O)[nH]c4=O)O[C@@H]3CCS(=O)(=O)C[C@H]3C[C@H](n4ccc(=O)[nH]c4=O)O[C@@H]3CCO)O2)c(=O)n1. The molecule has 33 heteroatoms. The molecule has 6 N–H and O–H groups in total. The van der Waals surface area contributed by atoms with E-state index in [1.165, 1.54) is 18.5 Å². The van der Waals surface area contributed by atoms with Crippen LogP contribution in [0.1, 0.15) is 81.8 Å². The molecule has 0 spiro atoms. The first kappa shape index (κ1) is 62.1. The number of aliphatic hydroxyl groups excluding tert-OH is 1. The van der Waals surface area contributed by atoms with E-state index >= 15 is 0 Å². The Hall–Kier alpha value is -6.46. The van der Waals surface area contributed by atoms with Crippen LogP contribution in [-0.2, 0) is 64.0 Å². The Bertz CT molecular complexity index is 4090. The normalized spacial score (nSPS) is 26.7. The molecule has 29 nitrogen and oxygen atoms in total. The molecule has 12 atom stereocenters. The highest BCUT2D eigenvalue weighted by Crippen LogP contribution is 2.41. The molecule has 9 rings (SSSR count). The summed E-state index contributed by atoms with van der Waals surface area (Å²) in [5, 5.41) is 9.77. The molecule has 458 valence electrons.